The molecule has 0 aliphatic heterocycles. The van der Waals surface area contributed by atoms with E-state index < -0.39 is 35.8 Å². The summed E-state index contributed by atoms with van der Waals surface area (Å²) in [6.07, 6.45) is 6.83. The van der Waals surface area contributed by atoms with Gasteiger partial charge >= 0.3 is 24.6 Å². The number of hydrogen-bond donors (Lipinski definition) is 4. The molecule has 5 N–H and O–H groups in total. The normalized spacial score (nSPS) is 24.5. The summed E-state index contributed by atoms with van der Waals surface area (Å²) in [5.41, 5.74) is 5.69. The number of nitrogens with two attached hydrogens (primary N) is 1. The van der Waals surface area contributed by atoms with Crippen molar-refractivity contribution in [2.24, 2.45) is 22.5 Å². The first-order valence-corrected chi connectivity index (χ1v) is 18.7. The van der Waals surface area contributed by atoms with Crippen molar-refractivity contribution in [3.05, 3.63) is 10.1 Å². The molecule has 2 aliphatic rings. The van der Waals surface area contributed by atoms with Gasteiger partial charge in [-0.1, -0.05) is 77.2 Å². The molecule has 8 atom stereocenters. The highest BCUT2D eigenvalue weighted by molar-refractivity contribution is 5.73. The number of nitrogens with one attached hydrogen (secondary N) is 1. The zero-order valence-corrected chi connectivity index (χ0v) is 34.1. The third-order valence-corrected chi connectivity index (χ3v) is 11.1. The Kier molecular flexibility index (Phi) is 41.7. The van der Waals surface area contributed by atoms with Gasteiger partial charge in [0.25, 0.3) is 0 Å². The van der Waals surface area contributed by atoms with Crippen molar-refractivity contribution in [3.8, 4) is 0 Å². The molecule has 0 bridgehead atoms. The SMILES string of the molecule is C.C.CCC(CC)O[C@H]1[C@H](C)[C@@H](N)CC(CC)(CC)[C@@H]1O.CCC(CC)O[C@H]1[C@H](NC(C)=O)[C@@H]([N+](=O)[O-])CC(CC)(CC)[C@@H]1O.O=C=O.O=C=O.O=C=O.O=C=O. The number of rotatable bonds is 14. The van der Waals surface area contributed by atoms with Crippen molar-refractivity contribution in [1.82, 2.24) is 5.32 Å². The quantitative estimate of drug-likeness (QED) is 0.140. The first kappa shape index (κ1) is 65.1. The first-order chi connectivity index (χ1) is 25.9. The number of carbonyl (C=O) groups is 1. The first-order valence-electron chi connectivity index (χ1n) is 18.7. The third kappa shape index (κ3) is 21.5. The number of aliphatic hydroxyl groups excluding tert-OH is 2. The number of aliphatic hydroxyl groups is 2. The molecule has 0 saturated heterocycles. The van der Waals surface area contributed by atoms with E-state index in [2.05, 4.69) is 39.9 Å². The van der Waals surface area contributed by atoms with Crippen LogP contribution in [-0.4, -0.2) is 100 Å². The minimum Gasteiger partial charge on any atom is -0.390 e. The van der Waals surface area contributed by atoms with E-state index in [4.69, 9.17) is 53.6 Å². The summed E-state index contributed by atoms with van der Waals surface area (Å²) in [6.45, 7) is 19.9. The zero-order chi connectivity index (χ0) is 43.9. The van der Waals surface area contributed by atoms with Crippen LogP contribution in [0.3, 0.4) is 0 Å². The van der Waals surface area contributed by atoms with Crippen LogP contribution in [0.2, 0.25) is 0 Å². The molecule has 2 fully saturated rings. The molecule has 0 aromatic rings. The van der Waals surface area contributed by atoms with E-state index in [1.54, 1.807) is 0 Å². The molecule has 334 valence electrons. The fourth-order valence-corrected chi connectivity index (χ4v) is 7.38. The average Bonchev–Trinajstić information content (AvgIpc) is 3.15. The van der Waals surface area contributed by atoms with E-state index >= 15 is 0 Å². The molecule has 0 radical (unpaired) electrons. The minimum atomic E-state index is -0.962. The highest BCUT2D eigenvalue weighted by Gasteiger charge is 2.57. The Labute approximate surface area is 338 Å². The van der Waals surface area contributed by atoms with Crippen molar-refractivity contribution in [1.29, 1.82) is 0 Å². The molecule has 0 aromatic carbocycles. The molecule has 0 aromatic heterocycles. The smallest absolute Gasteiger partial charge is 0.373 e. The van der Waals surface area contributed by atoms with Crippen LogP contribution >= 0.6 is 0 Å². The lowest BCUT2D eigenvalue weighted by Gasteiger charge is -2.50. The monoisotopic (exact) mass is 824 g/mol. The Hall–Kier alpha value is -3.81. The summed E-state index contributed by atoms with van der Waals surface area (Å²) >= 11 is 0. The van der Waals surface area contributed by atoms with Crippen LogP contribution in [-0.2, 0) is 52.6 Å². The van der Waals surface area contributed by atoms with E-state index in [1.165, 1.54) is 6.92 Å². The molecule has 18 nitrogen and oxygen atoms in total. The van der Waals surface area contributed by atoms with Crippen LogP contribution in [0.1, 0.15) is 148 Å². The summed E-state index contributed by atoms with van der Waals surface area (Å²) in [5, 5.41) is 36.2. The molecule has 0 unspecified atom stereocenters. The Morgan fingerprint density at radius 1 is 0.719 bits per heavy atom. The van der Waals surface area contributed by atoms with E-state index in [0.717, 1.165) is 44.9 Å². The minimum absolute atomic E-state index is 0. The fourth-order valence-electron chi connectivity index (χ4n) is 7.38. The van der Waals surface area contributed by atoms with Gasteiger partial charge in [-0.3, -0.25) is 14.9 Å². The summed E-state index contributed by atoms with van der Waals surface area (Å²) in [5.74, 6) is -0.125. The summed E-state index contributed by atoms with van der Waals surface area (Å²) in [6, 6.07) is -1.65. The second kappa shape index (κ2) is 36.5. The lowest BCUT2D eigenvalue weighted by atomic mass is 9.62. The van der Waals surface area contributed by atoms with Crippen LogP contribution < -0.4 is 11.1 Å². The lowest BCUT2D eigenvalue weighted by Crippen LogP contribution is -2.66. The molecular weight excluding hydrogens is 750 g/mol. The van der Waals surface area contributed by atoms with Crippen molar-refractivity contribution >= 4 is 30.5 Å². The fraction of sp³-hybridized carbons (Fsp3) is 0.872. The van der Waals surface area contributed by atoms with E-state index in [1.807, 2.05) is 27.7 Å². The van der Waals surface area contributed by atoms with Crippen LogP contribution in [0.25, 0.3) is 0 Å². The number of amides is 1. The molecule has 0 heterocycles. The van der Waals surface area contributed by atoms with Gasteiger partial charge in [0.1, 0.15) is 12.1 Å². The van der Waals surface area contributed by atoms with Crippen LogP contribution in [0.4, 0.5) is 0 Å². The van der Waals surface area contributed by atoms with Gasteiger partial charge in [-0.15, -0.1) is 0 Å². The maximum Gasteiger partial charge on any atom is 0.373 e. The summed E-state index contributed by atoms with van der Waals surface area (Å²) < 4.78 is 12.3. The van der Waals surface area contributed by atoms with Crippen LogP contribution in [0.15, 0.2) is 0 Å². The zero-order valence-electron chi connectivity index (χ0n) is 34.1. The van der Waals surface area contributed by atoms with Crippen molar-refractivity contribution in [2.75, 3.05) is 0 Å². The Balaban J connectivity index is -0.000000175. The second-order valence-corrected chi connectivity index (χ2v) is 13.5. The van der Waals surface area contributed by atoms with Gasteiger partial charge in [0, 0.05) is 29.7 Å². The molecule has 2 saturated carbocycles. The van der Waals surface area contributed by atoms with E-state index in [0.29, 0.717) is 12.8 Å². The topological polar surface area (TPSA) is 294 Å². The Bertz CT molecular complexity index is 1130. The average molecular weight is 824 g/mol. The largest absolute Gasteiger partial charge is 0.390 e. The standard InChI is InChI=1S/C17H32N2O5.C16H33NO2.4CO2.2CH4/c1-6-12(7-2)24-15-14(18-11(5)20)13(19(22)23)10-17(8-3,9-4)16(15)21;1-6-12(7-2)19-14-11(5)13(17)10-16(8-3,9-4)15(14)18;4*2-1-3;;/h12-16,21H,6-10H2,1-5H3,(H,18,20);11-15,18H,6-10,17H2,1-5H3;;;;;2*1H4/t13-,14+,15-,16+;11-,13+,14+,15-;;;;;;/m01....../s1. The van der Waals surface area contributed by atoms with Crippen molar-refractivity contribution < 1.29 is 67.8 Å². The van der Waals surface area contributed by atoms with Gasteiger partial charge in [-0.05, 0) is 69.1 Å². The van der Waals surface area contributed by atoms with E-state index in [-0.39, 0.29) is 92.4 Å². The van der Waals surface area contributed by atoms with Crippen LogP contribution in [0, 0.1) is 26.9 Å². The number of carbonyl (C=O) groups excluding carboxylic acids is 9. The lowest BCUT2D eigenvalue weighted by molar-refractivity contribution is -0.539. The van der Waals surface area contributed by atoms with E-state index in [9.17, 15) is 25.1 Å². The summed E-state index contributed by atoms with van der Waals surface area (Å²) in [4.78, 5) is 87.9. The third-order valence-electron chi connectivity index (χ3n) is 11.1. The van der Waals surface area contributed by atoms with Gasteiger partial charge in [-0.25, -0.2) is 0 Å². The molecular formula is C39H73N3O15. The number of hydrogen-bond acceptors (Lipinski definition) is 16. The molecule has 57 heavy (non-hydrogen) atoms. The predicted octanol–water partition coefficient (Wildman–Crippen LogP) is 4.31. The molecule has 1 amide bonds. The highest BCUT2D eigenvalue weighted by atomic mass is 16.6. The number of ether oxygens (including phenoxy) is 2. The molecule has 18 heteroatoms. The van der Waals surface area contributed by atoms with Crippen LogP contribution in [0.5, 0.6) is 0 Å². The van der Waals surface area contributed by atoms with Gasteiger partial charge in [0.15, 0.2) is 0 Å². The molecule has 2 aliphatic carbocycles. The second-order valence-electron chi connectivity index (χ2n) is 13.5. The Morgan fingerprint density at radius 3 is 1.30 bits per heavy atom. The predicted molar refractivity (Wildman–Crippen MR) is 205 cm³/mol. The maximum absolute atomic E-state index is 11.7. The Morgan fingerprint density at radius 2 is 1.02 bits per heavy atom. The number of nitro groups is 1. The summed E-state index contributed by atoms with van der Waals surface area (Å²) in [7, 11) is 0. The van der Waals surface area contributed by atoms with Gasteiger partial charge in [0.05, 0.1) is 30.5 Å². The highest BCUT2D eigenvalue weighted by Crippen LogP contribution is 2.46. The molecule has 2 rings (SSSR count). The van der Waals surface area contributed by atoms with Gasteiger partial charge < -0.3 is 30.7 Å². The molecule has 0 spiro atoms. The van der Waals surface area contributed by atoms with Gasteiger partial charge in [0.2, 0.25) is 11.9 Å². The van der Waals surface area contributed by atoms with Gasteiger partial charge in [-0.2, -0.15) is 38.4 Å². The van der Waals surface area contributed by atoms with Crippen molar-refractivity contribution in [3.63, 3.8) is 0 Å². The van der Waals surface area contributed by atoms with Crippen molar-refractivity contribution in [2.45, 2.75) is 203 Å². The maximum atomic E-state index is 11.7. The number of nitrogens with zero attached hydrogens (tertiary/aromatic N) is 1.